The average molecular weight is 459 g/mol. The van der Waals surface area contributed by atoms with Crippen molar-refractivity contribution >= 4 is 11.6 Å². The molecule has 0 radical (unpaired) electrons. The summed E-state index contributed by atoms with van der Waals surface area (Å²) in [6, 6.07) is 18.7. The molecule has 1 aliphatic heterocycles. The first-order chi connectivity index (χ1) is 15.8. The van der Waals surface area contributed by atoms with E-state index < -0.39 is 0 Å². The summed E-state index contributed by atoms with van der Waals surface area (Å²) in [4.78, 5) is 18.3. The Kier molecular flexibility index (Phi) is 6.79. The van der Waals surface area contributed by atoms with Gasteiger partial charge in [-0.2, -0.15) is 0 Å². The molecule has 1 aromatic heterocycles. The molecule has 0 aliphatic carbocycles. The van der Waals surface area contributed by atoms with E-state index in [1.807, 2.05) is 38.1 Å². The molecular formula is C29H31ClN2O. The van der Waals surface area contributed by atoms with Crippen LogP contribution in [0.2, 0.25) is 5.02 Å². The fourth-order valence-corrected chi connectivity index (χ4v) is 4.86. The van der Waals surface area contributed by atoms with Gasteiger partial charge in [0.15, 0.2) is 0 Å². The molecule has 0 atom stereocenters. The molecule has 3 aromatic rings. The van der Waals surface area contributed by atoms with E-state index >= 15 is 0 Å². The summed E-state index contributed by atoms with van der Waals surface area (Å²) in [5, 5.41) is 0.247. The summed E-state index contributed by atoms with van der Waals surface area (Å²) in [5.74, 6) is 7.47. The van der Waals surface area contributed by atoms with Crippen LogP contribution >= 0.6 is 11.6 Å². The van der Waals surface area contributed by atoms with Crippen molar-refractivity contribution in [1.29, 1.82) is 0 Å². The van der Waals surface area contributed by atoms with Gasteiger partial charge in [0.25, 0.3) is 0 Å². The van der Waals surface area contributed by atoms with Crippen LogP contribution in [0.5, 0.6) is 0 Å². The largest absolute Gasteiger partial charge is 0.361 e. The summed E-state index contributed by atoms with van der Waals surface area (Å²) in [7, 11) is 0. The van der Waals surface area contributed by atoms with Gasteiger partial charge >= 0.3 is 0 Å². The third-order valence-corrected chi connectivity index (χ3v) is 7.20. The molecule has 0 amide bonds. The van der Waals surface area contributed by atoms with E-state index in [-0.39, 0.29) is 16.0 Å². The third kappa shape index (κ3) is 5.08. The second-order valence-corrected chi connectivity index (χ2v) is 9.83. The SMILES string of the molecule is Cc1[nH]c(C)c(-c2ccc(C#CC(C)(C)N3CCC(c4ccccc4)CC3)cc2)c(=O)c1Cl. The lowest BCUT2D eigenvalue weighted by molar-refractivity contribution is 0.129. The average Bonchev–Trinajstić information content (AvgIpc) is 2.83. The Bertz CT molecular complexity index is 1240. The van der Waals surface area contributed by atoms with Crippen LogP contribution in [0.25, 0.3) is 11.1 Å². The van der Waals surface area contributed by atoms with Crippen molar-refractivity contribution in [2.24, 2.45) is 0 Å². The summed E-state index contributed by atoms with van der Waals surface area (Å²) in [6.45, 7) is 10.2. The van der Waals surface area contributed by atoms with E-state index in [1.165, 1.54) is 5.56 Å². The molecule has 0 unspecified atom stereocenters. The van der Waals surface area contributed by atoms with Gasteiger partial charge in [0.1, 0.15) is 5.02 Å². The minimum absolute atomic E-state index is 0.135. The highest BCUT2D eigenvalue weighted by atomic mass is 35.5. The van der Waals surface area contributed by atoms with Gasteiger partial charge in [-0.05, 0) is 69.7 Å². The number of aromatic amines is 1. The topological polar surface area (TPSA) is 36.1 Å². The van der Waals surface area contributed by atoms with E-state index in [0.717, 1.165) is 42.8 Å². The number of piperidine rings is 1. The van der Waals surface area contributed by atoms with Gasteiger partial charge < -0.3 is 4.98 Å². The maximum Gasteiger partial charge on any atom is 0.208 e. The van der Waals surface area contributed by atoms with Crippen LogP contribution in [-0.2, 0) is 0 Å². The highest BCUT2D eigenvalue weighted by Crippen LogP contribution is 2.31. The van der Waals surface area contributed by atoms with Crippen LogP contribution < -0.4 is 5.43 Å². The smallest absolute Gasteiger partial charge is 0.208 e. The van der Waals surface area contributed by atoms with Crippen molar-refractivity contribution < 1.29 is 0 Å². The normalized spacial score (nSPS) is 15.2. The predicted octanol–water partition coefficient (Wildman–Crippen LogP) is 6.32. The highest BCUT2D eigenvalue weighted by molar-refractivity contribution is 6.31. The van der Waals surface area contributed by atoms with Crippen LogP contribution in [0.4, 0.5) is 0 Å². The Balaban J connectivity index is 1.46. The van der Waals surface area contributed by atoms with Crippen molar-refractivity contribution in [1.82, 2.24) is 9.88 Å². The van der Waals surface area contributed by atoms with Gasteiger partial charge in [0.2, 0.25) is 5.43 Å². The van der Waals surface area contributed by atoms with Gasteiger partial charge in [-0.15, -0.1) is 0 Å². The van der Waals surface area contributed by atoms with E-state index in [2.05, 4.69) is 65.9 Å². The summed E-state index contributed by atoms with van der Waals surface area (Å²) in [5.41, 5.74) is 5.04. The minimum Gasteiger partial charge on any atom is -0.361 e. The number of H-pyrrole nitrogens is 1. The molecule has 1 fully saturated rings. The number of benzene rings is 2. The molecule has 33 heavy (non-hydrogen) atoms. The monoisotopic (exact) mass is 458 g/mol. The number of nitrogens with one attached hydrogen (secondary N) is 1. The molecule has 4 rings (SSSR count). The van der Waals surface area contributed by atoms with E-state index in [1.54, 1.807) is 0 Å². The number of hydrogen-bond acceptors (Lipinski definition) is 2. The number of aromatic nitrogens is 1. The molecule has 1 N–H and O–H groups in total. The Morgan fingerprint density at radius 2 is 1.61 bits per heavy atom. The molecule has 170 valence electrons. The number of nitrogens with zero attached hydrogens (tertiary/aromatic N) is 1. The van der Waals surface area contributed by atoms with Gasteiger partial charge in [0, 0.05) is 35.6 Å². The second-order valence-electron chi connectivity index (χ2n) is 9.45. The molecule has 0 spiro atoms. The Labute approximate surface area is 201 Å². The Hall–Kier alpha value is -2.80. The van der Waals surface area contributed by atoms with E-state index in [4.69, 9.17) is 11.6 Å². The molecule has 0 bridgehead atoms. The summed E-state index contributed by atoms with van der Waals surface area (Å²) in [6.07, 6.45) is 2.33. The van der Waals surface area contributed by atoms with Gasteiger partial charge in [-0.25, -0.2) is 0 Å². The van der Waals surface area contributed by atoms with Crippen molar-refractivity contribution in [3.8, 4) is 23.0 Å². The van der Waals surface area contributed by atoms with Gasteiger partial charge in [-0.3, -0.25) is 9.69 Å². The highest BCUT2D eigenvalue weighted by Gasteiger charge is 2.29. The number of pyridine rings is 1. The molecule has 0 saturated carbocycles. The number of rotatable bonds is 3. The second kappa shape index (κ2) is 9.59. The van der Waals surface area contributed by atoms with Crippen molar-refractivity contribution in [2.45, 2.75) is 52.0 Å². The minimum atomic E-state index is -0.196. The molecule has 2 aromatic carbocycles. The lowest BCUT2D eigenvalue weighted by Crippen LogP contribution is -2.47. The molecule has 1 saturated heterocycles. The maximum atomic E-state index is 12.7. The Morgan fingerprint density at radius 3 is 2.24 bits per heavy atom. The lowest BCUT2D eigenvalue weighted by atomic mass is 9.87. The van der Waals surface area contributed by atoms with Crippen LogP contribution in [0.3, 0.4) is 0 Å². The maximum absolute atomic E-state index is 12.7. The first kappa shape index (κ1) is 23.4. The molecule has 1 aliphatic rings. The standard InChI is InChI=1S/C29H31ClN2O/c1-20-26(28(33)27(30)21(2)31-20)25-12-10-22(11-13-25)14-17-29(3,4)32-18-15-24(16-19-32)23-8-6-5-7-9-23/h5-13,24H,15-16,18-19H2,1-4H3,(H,31,33). The van der Waals surface area contributed by atoms with Gasteiger partial charge in [-0.1, -0.05) is 65.9 Å². The zero-order valence-electron chi connectivity index (χ0n) is 19.8. The molecular weight excluding hydrogens is 428 g/mol. The van der Waals surface area contributed by atoms with E-state index in [0.29, 0.717) is 17.2 Å². The summed E-state index contributed by atoms with van der Waals surface area (Å²) >= 11 is 6.18. The number of hydrogen-bond donors (Lipinski definition) is 1. The van der Waals surface area contributed by atoms with Crippen molar-refractivity contribution in [3.63, 3.8) is 0 Å². The van der Waals surface area contributed by atoms with Crippen molar-refractivity contribution in [3.05, 3.63) is 92.4 Å². The summed E-state index contributed by atoms with van der Waals surface area (Å²) < 4.78 is 0. The first-order valence-electron chi connectivity index (χ1n) is 11.6. The predicted molar refractivity (Wildman–Crippen MR) is 138 cm³/mol. The number of likely N-dealkylation sites (tertiary alicyclic amines) is 1. The Morgan fingerprint density at radius 1 is 0.970 bits per heavy atom. The molecule has 4 heteroatoms. The van der Waals surface area contributed by atoms with Crippen LogP contribution in [0.15, 0.2) is 59.4 Å². The van der Waals surface area contributed by atoms with Crippen LogP contribution in [-0.4, -0.2) is 28.5 Å². The van der Waals surface area contributed by atoms with Crippen LogP contribution in [0, 0.1) is 25.7 Å². The number of aryl methyl sites for hydroxylation is 2. The zero-order chi connectivity index (χ0) is 23.6. The molecule has 3 nitrogen and oxygen atoms in total. The number of halogens is 1. The zero-order valence-corrected chi connectivity index (χ0v) is 20.6. The fraction of sp³-hybridized carbons (Fsp3) is 0.345. The first-order valence-corrected chi connectivity index (χ1v) is 12.0. The lowest BCUT2D eigenvalue weighted by Gasteiger charge is -2.40. The molecule has 2 heterocycles. The third-order valence-electron chi connectivity index (χ3n) is 6.75. The fourth-order valence-electron chi connectivity index (χ4n) is 4.72. The van der Waals surface area contributed by atoms with E-state index in [9.17, 15) is 4.79 Å². The van der Waals surface area contributed by atoms with Crippen LogP contribution in [0.1, 0.15) is 55.1 Å². The van der Waals surface area contributed by atoms with Gasteiger partial charge in [0.05, 0.1) is 5.54 Å². The quantitative estimate of drug-likeness (QED) is 0.466. The van der Waals surface area contributed by atoms with Crippen molar-refractivity contribution in [2.75, 3.05) is 13.1 Å².